The number of aliphatic hydroxyl groups excluding tert-OH is 1. The molecule has 1 fully saturated rings. The van der Waals surface area contributed by atoms with Crippen molar-refractivity contribution >= 4 is 21.3 Å². The molecular weight excluding hydrogens is 480 g/mol. The van der Waals surface area contributed by atoms with E-state index in [-0.39, 0.29) is 13.0 Å². The van der Waals surface area contributed by atoms with E-state index in [0.717, 1.165) is 43.2 Å². The first-order chi connectivity index (χ1) is 17.2. The van der Waals surface area contributed by atoms with Crippen molar-refractivity contribution in [1.29, 1.82) is 0 Å². The van der Waals surface area contributed by atoms with Crippen molar-refractivity contribution in [2.45, 2.75) is 62.9 Å². The average Bonchev–Trinajstić information content (AvgIpc) is 2.89. The van der Waals surface area contributed by atoms with E-state index in [1.807, 2.05) is 12.1 Å². The van der Waals surface area contributed by atoms with Crippen molar-refractivity contribution < 1.29 is 27.9 Å². The monoisotopic (exact) mass is 518 g/mol. The Balaban J connectivity index is 1.54. The highest BCUT2D eigenvalue weighted by atomic mass is 32.2. The molecule has 0 aromatic heterocycles. The Bertz CT molecular complexity index is 1070. The highest BCUT2D eigenvalue weighted by molar-refractivity contribution is 7.92. The fourth-order valence-corrected chi connectivity index (χ4v) is 4.99. The van der Waals surface area contributed by atoms with Gasteiger partial charge in [-0.3, -0.25) is 9.69 Å². The lowest BCUT2D eigenvalue weighted by Gasteiger charge is -2.32. The second-order valence-corrected chi connectivity index (χ2v) is 12.0. The van der Waals surface area contributed by atoms with E-state index in [4.69, 9.17) is 14.7 Å². The van der Waals surface area contributed by atoms with Crippen LogP contribution in [0, 0.1) is 11.8 Å². The molecule has 9 heteroatoms. The number of benzene rings is 1. The minimum Gasteiger partial charge on any atom is -0.396 e. The van der Waals surface area contributed by atoms with E-state index < -0.39 is 26.8 Å². The molecule has 2 unspecified atom stereocenters. The Labute approximate surface area is 214 Å². The topological polar surface area (TPSA) is 105 Å². The van der Waals surface area contributed by atoms with Gasteiger partial charge >= 0.3 is 0 Å². The summed E-state index contributed by atoms with van der Waals surface area (Å²) in [4.78, 5) is 20.4. The minimum atomic E-state index is -3.68. The Hall–Kier alpha value is -2.22. The number of hydrogen-bond acceptors (Lipinski definition) is 7. The van der Waals surface area contributed by atoms with Gasteiger partial charge in [0.2, 0.25) is 0 Å². The lowest BCUT2D eigenvalue weighted by atomic mass is 9.98. The smallest absolute Gasteiger partial charge is 0.264 e. The van der Waals surface area contributed by atoms with Crippen molar-refractivity contribution in [1.82, 2.24) is 10.4 Å². The Kier molecular flexibility index (Phi) is 10.5. The third-order valence-electron chi connectivity index (χ3n) is 6.87. The summed E-state index contributed by atoms with van der Waals surface area (Å²) in [6, 6.07) is 8.15. The number of carbonyl (C=O) groups excluding carboxylic acids is 1. The predicted octanol–water partition coefficient (Wildman–Crippen LogP) is 2.67. The SMILES string of the molecule is CC(CCN1CC=C(c2ccc(C#CCCCO)cc2)CC1)(C(=O)NOC1CCCCO1)S(C)(=O)=O. The molecule has 0 bridgehead atoms. The molecule has 0 aliphatic carbocycles. The summed E-state index contributed by atoms with van der Waals surface area (Å²) in [5.41, 5.74) is 5.69. The maximum atomic E-state index is 12.9. The number of amides is 1. The molecule has 36 heavy (non-hydrogen) atoms. The van der Waals surface area contributed by atoms with E-state index in [9.17, 15) is 13.2 Å². The molecular formula is C27H38N2O6S. The minimum absolute atomic E-state index is 0.156. The van der Waals surface area contributed by atoms with Crippen molar-refractivity contribution in [3.63, 3.8) is 0 Å². The number of nitrogens with one attached hydrogen (secondary N) is 1. The predicted molar refractivity (Wildman–Crippen MR) is 139 cm³/mol. The summed E-state index contributed by atoms with van der Waals surface area (Å²) < 4.78 is 29.0. The van der Waals surface area contributed by atoms with Gasteiger partial charge in [-0.2, -0.15) is 0 Å². The van der Waals surface area contributed by atoms with Gasteiger partial charge in [0.05, 0.1) is 0 Å². The molecule has 1 amide bonds. The number of hydroxylamine groups is 1. The van der Waals surface area contributed by atoms with Gasteiger partial charge in [0.1, 0.15) is 0 Å². The van der Waals surface area contributed by atoms with Crippen LogP contribution >= 0.6 is 0 Å². The molecule has 1 aromatic carbocycles. The van der Waals surface area contributed by atoms with E-state index in [0.29, 0.717) is 39.0 Å². The fourth-order valence-electron chi connectivity index (χ4n) is 4.15. The molecule has 2 aliphatic rings. The van der Waals surface area contributed by atoms with Gasteiger partial charge in [-0.25, -0.2) is 18.7 Å². The van der Waals surface area contributed by atoms with Crippen molar-refractivity contribution in [2.75, 3.05) is 39.1 Å². The Morgan fingerprint density at radius 3 is 2.69 bits per heavy atom. The number of ether oxygens (including phenoxy) is 1. The maximum Gasteiger partial charge on any atom is 0.264 e. The zero-order chi connectivity index (χ0) is 26.0. The lowest BCUT2D eigenvalue weighted by Crippen LogP contribution is -2.52. The number of rotatable bonds is 10. The zero-order valence-electron chi connectivity index (χ0n) is 21.3. The fraction of sp³-hybridized carbons (Fsp3) is 0.593. The van der Waals surface area contributed by atoms with Crippen molar-refractivity contribution in [2.24, 2.45) is 0 Å². The highest BCUT2D eigenvalue weighted by Gasteiger charge is 2.44. The summed E-state index contributed by atoms with van der Waals surface area (Å²) >= 11 is 0. The van der Waals surface area contributed by atoms with Crippen molar-refractivity contribution in [3.05, 3.63) is 41.5 Å². The van der Waals surface area contributed by atoms with Gasteiger partial charge in [0.25, 0.3) is 5.91 Å². The molecule has 2 atom stereocenters. The van der Waals surface area contributed by atoms with Crippen LogP contribution in [0.25, 0.3) is 5.57 Å². The molecule has 1 aromatic rings. The molecule has 2 aliphatic heterocycles. The molecule has 0 saturated carbocycles. The van der Waals surface area contributed by atoms with Gasteiger partial charge in [-0.15, -0.1) is 0 Å². The average molecular weight is 519 g/mol. The van der Waals surface area contributed by atoms with Gasteiger partial charge < -0.3 is 9.84 Å². The molecule has 2 N–H and O–H groups in total. The largest absolute Gasteiger partial charge is 0.396 e. The van der Waals surface area contributed by atoms with Crippen LogP contribution in [-0.2, 0) is 24.2 Å². The van der Waals surface area contributed by atoms with Crippen molar-refractivity contribution in [3.8, 4) is 11.8 Å². The van der Waals surface area contributed by atoms with Crippen LogP contribution in [0.3, 0.4) is 0 Å². The van der Waals surface area contributed by atoms with Gasteiger partial charge in [-0.1, -0.05) is 30.0 Å². The number of hydrogen-bond donors (Lipinski definition) is 2. The third-order valence-corrected chi connectivity index (χ3v) is 8.89. The number of nitrogens with zero attached hydrogens (tertiary/aromatic N) is 1. The van der Waals surface area contributed by atoms with Crippen LogP contribution in [0.4, 0.5) is 0 Å². The second kappa shape index (κ2) is 13.4. The number of sulfone groups is 1. The van der Waals surface area contributed by atoms with Crippen LogP contribution in [0.5, 0.6) is 0 Å². The third kappa shape index (κ3) is 7.89. The number of aliphatic hydroxyl groups is 1. The standard InChI is InChI=1S/C27H38N2O6S/c1-27(36(2,32)33,26(31)28-35-25-9-5-7-21-34-25)16-19-29-17-14-24(15-18-29)23-12-10-22(11-13-23)8-4-3-6-20-30/h10-14,25,30H,3,5-7,9,15-21H2,1-2H3,(H,28,31). The normalized spacial score (nSPS) is 20.5. The number of carbonyl (C=O) groups is 1. The van der Waals surface area contributed by atoms with Gasteiger partial charge in [0.15, 0.2) is 20.9 Å². The molecule has 0 spiro atoms. The molecule has 3 rings (SSSR count). The quantitative estimate of drug-likeness (QED) is 0.279. The first-order valence-corrected chi connectivity index (χ1v) is 14.5. The Morgan fingerprint density at radius 1 is 1.31 bits per heavy atom. The summed E-state index contributed by atoms with van der Waals surface area (Å²) in [5.74, 6) is 5.51. The summed E-state index contributed by atoms with van der Waals surface area (Å²) in [6.07, 6.45) is 7.65. The van der Waals surface area contributed by atoms with Crippen LogP contribution in [0.15, 0.2) is 30.3 Å². The van der Waals surface area contributed by atoms with Crippen LogP contribution < -0.4 is 5.48 Å². The Morgan fingerprint density at radius 2 is 2.08 bits per heavy atom. The molecule has 198 valence electrons. The summed E-state index contributed by atoms with van der Waals surface area (Å²) in [5, 5.41) is 8.83. The maximum absolute atomic E-state index is 12.9. The molecule has 2 heterocycles. The van der Waals surface area contributed by atoms with E-state index in [2.05, 4.69) is 40.4 Å². The van der Waals surface area contributed by atoms with Gasteiger partial charge in [0, 0.05) is 57.5 Å². The van der Waals surface area contributed by atoms with Crippen LogP contribution in [0.2, 0.25) is 0 Å². The lowest BCUT2D eigenvalue weighted by molar-refractivity contribution is -0.201. The molecule has 1 saturated heterocycles. The van der Waals surface area contributed by atoms with E-state index in [1.54, 1.807) is 0 Å². The van der Waals surface area contributed by atoms with Gasteiger partial charge in [-0.05, 0) is 62.3 Å². The zero-order valence-corrected chi connectivity index (χ0v) is 22.1. The highest BCUT2D eigenvalue weighted by Crippen LogP contribution is 2.26. The van der Waals surface area contributed by atoms with Crippen LogP contribution in [-0.4, -0.2) is 74.5 Å². The first-order valence-electron chi connectivity index (χ1n) is 12.6. The molecule has 8 nitrogen and oxygen atoms in total. The first kappa shape index (κ1) is 28.4. The summed E-state index contributed by atoms with van der Waals surface area (Å²) in [7, 11) is -3.68. The summed E-state index contributed by atoms with van der Waals surface area (Å²) in [6.45, 7) is 4.13. The van der Waals surface area contributed by atoms with E-state index in [1.165, 1.54) is 12.5 Å². The number of unbranched alkanes of at least 4 members (excludes halogenated alkanes) is 1. The second-order valence-electron chi connectivity index (χ2n) is 9.58. The van der Waals surface area contributed by atoms with E-state index >= 15 is 0 Å². The molecule has 0 radical (unpaired) electrons. The van der Waals surface area contributed by atoms with Crippen LogP contribution in [0.1, 0.15) is 63.0 Å².